The first kappa shape index (κ1) is 15.2. The Hall–Kier alpha value is -2.67. The van der Waals surface area contributed by atoms with E-state index in [1.54, 1.807) is 37.6 Å². The molecule has 2 aromatic rings. The van der Waals surface area contributed by atoms with Gasteiger partial charge >= 0.3 is 0 Å². The van der Waals surface area contributed by atoms with Crippen molar-refractivity contribution in [3.63, 3.8) is 0 Å². The lowest BCUT2D eigenvalue weighted by atomic mass is 10.1. The highest BCUT2D eigenvalue weighted by atomic mass is 16.5. The van der Waals surface area contributed by atoms with Crippen molar-refractivity contribution < 1.29 is 18.7 Å². The molecule has 3 rings (SSSR count). The van der Waals surface area contributed by atoms with Crippen LogP contribution < -0.4 is 5.73 Å². The Labute approximate surface area is 133 Å². The third kappa shape index (κ3) is 2.95. The molecule has 1 aromatic heterocycles. The number of carbonyl (C=O) groups excluding carboxylic acids is 2. The van der Waals surface area contributed by atoms with Crippen LogP contribution in [0.5, 0.6) is 0 Å². The Morgan fingerprint density at radius 3 is 2.65 bits per heavy atom. The van der Waals surface area contributed by atoms with Gasteiger partial charge < -0.3 is 19.8 Å². The number of aromatic nitrogens is 1. The average molecular weight is 315 g/mol. The standard InChI is InChI=1S/C16H17N3O4/c1-22-12-6-13(15(17)20)19(8-12)16(21)11-4-2-10(3-5-11)14-7-18-9-23-14/h2-5,7,9,12-13H,6,8H2,1H3,(H2,17,20)/t12-,13-/m0/s1. The predicted octanol–water partition coefficient (Wildman–Crippen LogP) is 1.06. The number of ether oxygens (including phenoxy) is 1. The summed E-state index contributed by atoms with van der Waals surface area (Å²) < 4.78 is 10.5. The van der Waals surface area contributed by atoms with Crippen molar-refractivity contribution in [1.29, 1.82) is 0 Å². The number of hydrogen-bond donors (Lipinski definition) is 1. The molecule has 7 nitrogen and oxygen atoms in total. The van der Waals surface area contributed by atoms with Crippen LogP contribution >= 0.6 is 0 Å². The highest BCUT2D eigenvalue weighted by molar-refractivity contribution is 5.98. The second-order valence-electron chi connectivity index (χ2n) is 5.41. The summed E-state index contributed by atoms with van der Waals surface area (Å²) in [6, 6.07) is 6.30. The number of carbonyl (C=O) groups is 2. The maximum atomic E-state index is 12.6. The number of hydrogen-bond acceptors (Lipinski definition) is 5. The molecule has 2 atom stereocenters. The third-order valence-electron chi connectivity index (χ3n) is 4.03. The van der Waals surface area contributed by atoms with Crippen LogP contribution in [0.15, 0.2) is 41.3 Å². The number of likely N-dealkylation sites (tertiary alicyclic amines) is 1. The van der Waals surface area contributed by atoms with Crippen LogP contribution in [0.25, 0.3) is 11.3 Å². The number of rotatable bonds is 4. The molecule has 0 unspecified atom stereocenters. The van der Waals surface area contributed by atoms with Crippen molar-refractivity contribution in [3.05, 3.63) is 42.4 Å². The molecule has 1 aliphatic heterocycles. The molecular formula is C16H17N3O4. The Morgan fingerprint density at radius 2 is 2.09 bits per heavy atom. The van der Waals surface area contributed by atoms with Crippen LogP contribution in [0.3, 0.4) is 0 Å². The molecule has 2 N–H and O–H groups in total. The molecule has 0 aliphatic carbocycles. The summed E-state index contributed by atoms with van der Waals surface area (Å²) in [5.74, 6) is -0.131. The molecule has 7 heteroatoms. The highest BCUT2D eigenvalue weighted by Gasteiger charge is 2.38. The number of benzene rings is 1. The molecule has 0 radical (unpaired) electrons. The number of nitrogens with two attached hydrogens (primary N) is 1. The predicted molar refractivity (Wildman–Crippen MR) is 81.4 cm³/mol. The van der Waals surface area contributed by atoms with Crippen LogP contribution in [-0.2, 0) is 9.53 Å². The van der Waals surface area contributed by atoms with Gasteiger partial charge in [-0.3, -0.25) is 9.59 Å². The minimum Gasteiger partial charge on any atom is -0.444 e. The minimum absolute atomic E-state index is 0.176. The SMILES string of the molecule is CO[C@H]1C[C@@H](C(N)=O)N(C(=O)c2ccc(-c3cnco3)cc2)C1. The summed E-state index contributed by atoms with van der Waals surface area (Å²) in [5, 5.41) is 0. The molecule has 1 saturated heterocycles. The fourth-order valence-corrected chi connectivity index (χ4v) is 2.76. The fraction of sp³-hybridized carbons (Fsp3) is 0.312. The average Bonchev–Trinajstić information content (AvgIpc) is 3.23. The van der Waals surface area contributed by atoms with Gasteiger partial charge in [0.05, 0.1) is 12.3 Å². The lowest BCUT2D eigenvalue weighted by molar-refractivity contribution is -0.121. The lowest BCUT2D eigenvalue weighted by Gasteiger charge is -2.22. The van der Waals surface area contributed by atoms with Crippen LogP contribution in [0.2, 0.25) is 0 Å². The van der Waals surface area contributed by atoms with Crippen molar-refractivity contribution in [3.8, 4) is 11.3 Å². The van der Waals surface area contributed by atoms with Crippen molar-refractivity contribution in [2.75, 3.05) is 13.7 Å². The number of amides is 2. The zero-order chi connectivity index (χ0) is 16.4. The first-order chi connectivity index (χ1) is 11.1. The van der Waals surface area contributed by atoms with E-state index in [2.05, 4.69) is 4.98 Å². The van der Waals surface area contributed by atoms with Gasteiger partial charge in [0.2, 0.25) is 5.91 Å². The van der Waals surface area contributed by atoms with E-state index in [4.69, 9.17) is 14.9 Å². The second kappa shape index (κ2) is 6.21. The quantitative estimate of drug-likeness (QED) is 0.909. The molecule has 0 bridgehead atoms. The normalized spacial score (nSPS) is 20.7. The molecule has 1 fully saturated rings. The molecule has 1 aromatic carbocycles. The van der Waals surface area contributed by atoms with E-state index in [0.717, 1.165) is 5.56 Å². The topological polar surface area (TPSA) is 98.7 Å². The van der Waals surface area contributed by atoms with E-state index in [9.17, 15) is 9.59 Å². The van der Waals surface area contributed by atoms with Gasteiger partial charge in [-0.2, -0.15) is 0 Å². The molecule has 0 saturated carbocycles. The molecule has 23 heavy (non-hydrogen) atoms. The van der Waals surface area contributed by atoms with Crippen molar-refractivity contribution in [1.82, 2.24) is 9.88 Å². The zero-order valence-electron chi connectivity index (χ0n) is 12.6. The van der Waals surface area contributed by atoms with Crippen LogP contribution in [-0.4, -0.2) is 47.5 Å². The minimum atomic E-state index is -0.638. The molecule has 0 spiro atoms. The summed E-state index contributed by atoms with van der Waals surface area (Å²) in [6.07, 6.45) is 3.20. The second-order valence-corrected chi connectivity index (χ2v) is 5.41. The Morgan fingerprint density at radius 1 is 1.35 bits per heavy atom. The number of oxazole rings is 1. The van der Waals surface area contributed by atoms with Crippen molar-refractivity contribution in [2.24, 2.45) is 5.73 Å². The van der Waals surface area contributed by atoms with Gasteiger partial charge in [-0.1, -0.05) is 12.1 Å². The first-order valence-corrected chi connectivity index (χ1v) is 7.22. The zero-order valence-corrected chi connectivity index (χ0v) is 12.6. The number of nitrogens with zero attached hydrogens (tertiary/aromatic N) is 2. The maximum absolute atomic E-state index is 12.6. The molecule has 120 valence electrons. The summed E-state index contributed by atoms with van der Waals surface area (Å²) in [7, 11) is 1.56. The molecule has 2 amide bonds. The Kier molecular flexibility index (Phi) is 4.12. The summed E-state index contributed by atoms with van der Waals surface area (Å²) in [6.45, 7) is 0.354. The van der Waals surface area contributed by atoms with Gasteiger partial charge in [0.25, 0.3) is 5.91 Å². The summed E-state index contributed by atoms with van der Waals surface area (Å²) >= 11 is 0. The molecule has 1 aliphatic rings. The first-order valence-electron chi connectivity index (χ1n) is 7.22. The summed E-state index contributed by atoms with van der Waals surface area (Å²) in [5.41, 5.74) is 6.71. The van der Waals surface area contributed by atoms with E-state index < -0.39 is 11.9 Å². The largest absolute Gasteiger partial charge is 0.444 e. The van der Waals surface area contributed by atoms with E-state index in [1.165, 1.54) is 11.3 Å². The van der Waals surface area contributed by atoms with Gasteiger partial charge in [0.15, 0.2) is 12.2 Å². The smallest absolute Gasteiger partial charge is 0.254 e. The molecular weight excluding hydrogens is 298 g/mol. The molecule has 2 heterocycles. The van der Waals surface area contributed by atoms with Gasteiger partial charge in [-0.15, -0.1) is 0 Å². The Bertz CT molecular complexity index is 697. The van der Waals surface area contributed by atoms with E-state index >= 15 is 0 Å². The van der Waals surface area contributed by atoms with Gasteiger partial charge in [0.1, 0.15) is 6.04 Å². The number of primary amides is 1. The van der Waals surface area contributed by atoms with E-state index in [0.29, 0.717) is 24.3 Å². The van der Waals surface area contributed by atoms with Crippen molar-refractivity contribution >= 4 is 11.8 Å². The Balaban J connectivity index is 1.80. The maximum Gasteiger partial charge on any atom is 0.254 e. The van der Waals surface area contributed by atoms with Gasteiger partial charge in [-0.25, -0.2) is 4.98 Å². The number of methoxy groups -OCH3 is 1. The lowest BCUT2D eigenvalue weighted by Crippen LogP contribution is -2.43. The van der Waals surface area contributed by atoms with Crippen molar-refractivity contribution in [2.45, 2.75) is 18.6 Å². The third-order valence-corrected chi connectivity index (χ3v) is 4.03. The van der Waals surface area contributed by atoms with Gasteiger partial charge in [0, 0.05) is 31.2 Å². The fourth-order valence-electron chi connectivity index (χ4n) is 2.76. The summed E-state index contributed by atoms with van der Waals surface area (Å²) in [4.78, 5) is 29.6. The monoisotopic (exact) mass is 315 g/mol. The van der Waals surface area contributed by atoms with Gasteiger partial charge in [-0.05, 0) is 12.1 Å². The van der Waals surface area contributed by atoms with Crippen LogP contribution in [0.1, 0.15) is 16.8 Å². The van der Waals surface area contributed by atoms with Crippen LogP contribution in [0.4, 0.5) is 0 Å². The highest BCUT2D eigenvalue weighted by Crippen LogP contribution is 2.24. The van der Waals surface area contributed by atoms with E-state index in [1.807, 2.05) is 0 Å². The van der Waals surface area contributed by atoms with E-state index in [-0.39, 0.29) is 12.0 Å². The van der Waals surface area contributed by atoms with Crippen LogP contribution in [0, 0.1) is 0 Å².